The second-order valence-corrected chi connectivity index (χ2v) is 8.67. The number of hydrogen-bond donors (Lipinski definition) is 1. The number of nitrogens with one attached hydrogen (secondary N) is 1. The first-order valence-corrected chi connectivity index (χ1v) is 10.6. The molecule has 1 atom stereocenters. The second kappa shape index (κ2) is 8.04. The molecule has 0 heterocycles. The zero-order chi connectivity index (χ0) is 21.4. The summed E-state index contributed by atoms with van der Waals surface area (Å²) in [7, 11) is 4.20. The Labute approximate surface area is 180 Å². The van der Waals surface area contributed by atoms with Gasteiger partial charge in [-0.3, -0.25) is 5.41 Å². The Bertz CT molecular complexity index is 1190. The first-order chi connectivity index (χ1) is 14.4. The second-order valence-electron chi connectivity index (χ2n) is 8.67. The summed E-state index contributed by atoms with van der Waals surface area (Å²) in [6, 6.07) is 17.1. The minimum atomic E-state index is 0.201. The van der Waals surface area contributed by atoms with Gasteiger partial charge in [0.15, 0.2) is 0 Å². The fourth-order valence-electron chi connectivity index (χ4n) is 4.44. The van der Waals surface area contributed by atoms with E-state index < -0.39 is 0 Å². The van der Waals surface area contributed by atoms with Gasteiger partial charge in [0, 0.05) is 23.6 Å². The highest BCUT2D eigenvalue weighted by Crippen LogP contribution is 2.35. The molecule has 3 aromatic carbocycles. The van der Waals surface area contributed by atoms with Crippen LogP contribution in [0.15, 0.2) is 72.3 Å². The Hall–Kier alpha value is -2.97. The van der Waals surface area contributed by atoms with Crippen LogP contribution in [0.3, 0.4) is 0 Å². The molecule has 0 saturated carbocycles. The highest BCUT2D eigenvalue weighted by Gasteiger charge is 2.22. The van der Waals surface area contributed by atoms with Crippen molar-refractivity contribution in [2.45, 2.75) is 26.7 Å². The fourth-order valence-corrected chi connectivity index (χ4v) is 4.44. The normalized spacial score (nSPS) is 15.8. The average Bonchev–Trinajstić information content (AvgIpc) is 3.18. The molecule has 2 nitrogen and oxygen atoms in total. The molecule has 0 aliphatic heterocycles. The minimum absolute atomic E-state index is 0.201. The maximum atomic E-state index is 9.28. The van der Waals surface area contributed by atoms with Crippen LogP contribution in [0, 0.1) is 26.2 Å². The Morgan fingerprint density at radius 1 is 0.933 bits per heavy atom. The van der Waals surface area contributed by atoms with E-state index in [1.54, 1.807) is 0 Å². The topological polar surface area (TPSA) is 27.1 Å². The summed E-state index contributed by atoms with van der Waals surface area (Å²) in [5.41, 5.74) is 8.98. The van der Waals surface area contributed by atoms with Crippen LogP contribution in [0.1, 0.15) is 39.3 Å². The lowest BCUT2D eigenvalue weighted by atomic mass is 9.84. The summed E-state index contributed by atoms with van der Waals surface area (Å²) in [4.78, 5) is 2.19. The lowest BCUT2D eigenvalue weighted by molar-refractivity contribution is 0.449. The third kappa shape index (κ3) is 3.64. The van der Waals surface area contributed by atoms with Crippen molar-refractivity contribution in [3.05, 3.63) is 106 Å². The first-order valence-electron chi connectivity index (χ1n) is 10.6. The molecule has 30 heavy (non-hydrogen) atoms. The van der Waals surface area contributed by atoms with E-state index >= 15 is 0 Å². The molecule has 0 spiro atoms. The van der Waals surface area contributed by atoms with E-state index in [0.29, 0.717) is 5.71 Å². The van der Waals surface area contributed by atoms with E-state index in [1.807, 2.05) is 0 Å². The Kier molecular flexibility index (Phi) is 5.44. The fraction of sp³-hybridized carbons (Fsp3) is 0.250. The van der Waals surface area contributed by atoms with Crippen LogP contribution in [-0.2, 0) is 0 Å². The molecule has 1 aliphatic carbocycles. The molecule has 0 saturated heterocycles. The van der Waals surface area contributed by atoms with E-state index in [4.69, 9.17) is 0 Å². The van der Waals surface area contributed by atoms with E-state index in [9.17, 15) is 5.41 Å². The van der Waals surface area contributed by atoms with Crippen LogP contribution in [-0.4, -0.2) is 31.3 Å². The average molecular weight is 395 g/mol. The van der Waals surface area contributed by atoms with Gasteiger partial charge in [0.1, 0.15) is 0 Å². The largest absolute Gasteiger partial charge is 0.305 e. The molecule has 0 bridgehead atoms. The summed E-state index contributed by atoms with van der Waals surface area (Å²) in [6.07, 6.45) is 6.84. The van der Waals surface area contributed by atoms with Gasteiger partial charge in [-0.15, -0.1) is 0 Å². The third-order valence-electron chi connectivity index (χ3n) is 6.31. The maximum Gasteiger partial charge on any atom is 0.0696 e. The Morgan fingerprint density at radius 3 is 2.47 bits per heavy atom. The number of rotatable bonds is 5. The van der Waals surface area contributed by atoms with Crippen molar-refractivity contribution >= 4 is 16.5 Å². The minimum Gasteiger partial charge on any atom is -0.305 e. The first kappa shape index (κ1) is 20.3. The summed E-state index contributed by atoms with van der Waals surface area (Å²) < 4.78 is 0. The smallest absolute Gasteiger partial charge is 0.0696 e. The van der Waals surface area contributed by atoms with Gasteiger partial charge in [0.25, 0.3) is 0 Å². The summed E-state index contributed by atoms with van der Waals surface area (Å²) in [6.45, 7) is 7.37. The van der Waals surface area contributed by atoms with E-state index in [0.717, 1.165) is 23.1 Å². The highest BCUT2D eigenvalue weighted by atomic mass is 15.0. The molecular formula is C28H30N2. The van der Waals surface area contributed by atoms with Crippen LogP contribution in [0.5, 0.6) is 0 Å². The molecule has 0 aromatic heterocycles. The molecule has 0 amide bonds. The molecule has 0 fully saturated rings. The van der Waals surface area contributed by atoms with Crippen molar-refractivity contribution in [1.29, 1.82) is 5.41 Å². The quantitative estimate of drug-likeness (QED) is 0.504. The predicted molar refractivity (Wildman–Crippen MR) is 129 cm³/mol. The Balaban J connectivity index is 1.89. The third-order valence-corrected chi connectivity index (χ3v) is 6.31. The van der Waals surface area contributed by atoms with Crippen LogP contribution < -0.4 is 0 Å². The van der Waals surface area contributed by atoms with E-state index in [-0.39, 0.29) is 5.92 Å². The van der Waals surface area contributed by atoms with Gasteiger partial charge < -0.3 is 4.90 Å². The molecule has 152 valence electrons. The lowest BCUT2D eigenvalue weighted by Gasteiger charge is -2.19. The monoisotopic (exact) mass is 394 g/mol. The van der Waals surface area contributed by atoms with Gasteiger partial charge in [-0.1, -0.05) is 66.8 Å². The van der Waals surface area contributed by atoms with Crippen molar-refractivity contribution in [1.82, 2.24) is 4.90 Å². The number of nitrogens with zero attached hydrogens (tertiary/aromatic N) is 1. The van der Waals surface area contributed by atoms with E-state index in [1.165, 1.54) is 33.2 Å². The summed E-state index contributed by atoms with van der Waals surface area (Å²) in [5, 5.41) is 11.6. The molecule has 0 radical (unpaired) electrons. The van der Waals surface area contributed by atoms with Gasteiger partial charge in [-0.05, 0) is 73.5 Å². The van der Waals surface area contributed by atoms with Crippen LogP contribution in [0.2, 0.25) is 0 Å². The maximum absolute atomic E-state index is 9.28. The number of allylic oxidation sites excluding steroid dienone is 2. The molecular weight excluding hydrogens is 364 g/mol. The summed E-state index contributed by atoms with van der Waals surface area (Å²) in [5.74, 6) is 0.201. The van der Waals surface area contributed by atoms with Gasteiger partial charge in [-0.25, -0.2) is 0 Å². The molecule has 3 aromatic rings. The number of benzene rings is 3. The zero-order valence-electron chi connectivity index (χ0n) is 18.6. The molecule has 4 rings (SSSR count). The number of hydrogen-bond acceptors (Lipinski definition) is 2. The SMILES string of the molecule is Cc1ccc(C(=N)c2c(C3C=CC(CN(C)C)=C3)ccc3ccccc23)c(C)c1C. The van der Waals surface area contributed by atoms with E-state index in [2.05, 4.69) is 107 Å². The van der Waals surface area contributed by atoms with Gasteiger partial charge in [-0.2, -0.15) is 0 Å². The van der Waals surface area contributed by atoms with Crippen LogP contribution in [0.25, 0.3) is 10.8 Å². The number of aryl methyl sites for hydroxylation is 1. The van der Waals surface area contributed by atoms with Gasteiger partial charge in [0.2, 0.25) is 0 Å². The number of likely N-dealkylation sites (N-methyl/N-ethyl adjacent to an activating group) is 1. The molecule has 2 heteroatoms. The molecule has 1 unspecified atom stereocenters. The number of fused-ring (bicyclic) bond motifs is 1. The van der Waals surface area contributed by atoms with Gasteiger partial charge >= 0.3 is 0 Å². The lowest BCUT2D eigenvalue weighted by Crippen LogP contribution is -2.14. The van der Waals surface area contributed by atoms with Crippen molar-refractivity contribution in [3.63, 3.8) is 0 Å². The van der Waals surface area contributed by atoms with Crippen molar-refractivity contribution in [2.75, 3.05) is 20.6 Å². The van der Waals surface area contributed by atoms with Crippen LogP contribution in [0.4, 0.5) is 0 Å². The molecule has 1 N–H and O–H groups in total. The standard InChI is InChI=1S/C28H30N2/c1-18-10-14-24(20(3)19(18)2)28(29)27-25-9-7-6-8-22(25)13-15-26(27)23-12-11-21(16-23)17-30(4)5/h6-16,23,29H,17H2,1-5H3. The van der Waals surface area contributed by atoms with Crippen molar-refractivity contribution < 1.29 is 0 Å². The van der Waals surface area contributed by atoms with Crippen molar-refractivity contribution in [2.24, 2.45) is 0 Å². The molecule has 1 aliphatic rings. The van der Waals surface area contributed by atoms with Gasteiger partial charge in [0.05, 0.1) is 5.71 Å². The predicted octanol–water partition coefficient (Wildman–Crippen LogP) is 6.32. The highest BCUT2D eigenvalue weighted by molar-refractivity contribution is 6.19. The zero-order valence-corrected chi connectivity index (χ0v) is 18.6. The van der Waals surface area contributed by atoms with Crippen molar-refractivity contribution in [3.8, 4) is 0 Å². The Morgan fingerprint density at radius 2 is 1.70 bits per heavy atom. The summed E-state index contributed by atoms with van der Waals surface area (Å²) >= 11 is 0. The van der Waals surface area contributed by atoms with Crippen LogP contribution >= 0.6 is 0 Å².